The molecule has 2 atom stereocenters. The minimum Gasteiger partial charge on any atom is -0.481 e. The van der Waals surface area contributed by atoms with Crippen LogP contribution in [0.2, 0.25) is 0 Å². The number of rotatable bonds is 6. The molecular formula is C20H22N2O3. The number of carbonyl (C=O) groups excluding carboxylic acids is 1. The fourth-order valence-corrected chi connectivity index (χ4v) is 2.72. The van der Waals surface area contributed by atoms with Crippen LogP contribution in [-0.2, 0) is 11.8 Å². The third kappa shape index (κ3) is 4.00. The van der Waals surface area contributed by atoms with Crippen molar-refractivity contribution < 1.29 is 14.6 Å². The summed E-state index contributed by atoms with van der Waals surface area (Å²) in [7, 11) is 1.98. The molecule has 1 amide bonds. The summed E-state index contributed by atoms with van der Waals surface area (Å²) in [6.45, 7) is 1.82. The van der Waals surface area contributed by atoms with Gasteiger partial charge < -0.3 is 19.7 Å². The summed E-state index contributed by atoms with van der Waals surface area (Å²) in [6.07, 6.45) is 0.578. The number of benzene rings is 2. The van der Waals surface area contributed by atoms with Crippen LogP contribution in [0.3, 0.4) is 0 Å². The summed E-state index contributed by atoms with van der Waals surface area (Å²) >= 11 is 0. The fraction of sp³-hybridized carbons (Fsp3) is 0.250. The van der Waals surface area contributed by atoms with Gasteiger partial charge in [0.15, 0.2) is 6.10 Å². The lowest BCUT2D eigenvalue weighted by Gasteiger charge is -2.17. The van der Waals surface area contributed by atoms with Crippen molar-refractivity contribution in [2.24, 2.45) is 7.05 Å². The lowest BCUT2D eigenvalue weighted by atomic mass is 10.1. The van der Waals surface area contributed by atoms with Crippen molar-refractivity contribution in [3.05, 3.63) is 66.4 Å². The first-order chi connectivity index (χ1) is 12.0. The van der Waals surface area contributed by atoms with Crippen molar-refractivity contribution in [2.75, 3.05) is 6.54 Å². The number of fused-ring (bicyclic) bond motifs is 1. The molecule has 0 unspecified atom stereocenters. The predicted molar refractivity (Wildman–Crippen MR) is 97.4 cm³/mol. The Bertz CT molecular complexity index is 858. The van der Waals surface area contributed by atoms with Crippen LogP contribution in [-0.4, -0.2) is 28.2 Å². The fourth-order valence-electron chi connectivity index (χ4n) is 2.72. The van der Waals surface area contributed by atoms with Crippen molar-refractivity contribution in [2.45, 2.75) is 19.1 Å². The van der Waals surface area contributed by atoms with Crippen molar-refractivity contribution in [3.8, 4) is 5.75 Å². The van der Waals surface area contributed by atoms with Gasteiger partial charge in [-0.3, -0.25) is 4.79 Å². The summed E-state index contributed by atoms with van der Waals surface area (Å²) < 4.78 is 7.60. The average Bonchev–Trinajstić information content (AvgIpc) is 3.00. The Morgan fingerprint density at radius 1 is 1.20 bits per heavy atom. The second-order valence-corrected chi connectivity index (χ2v) is 6.08. The third-order valence-corrected chi connectivity index (χ3v) is 4.19. The molecule has 2 N–H and O–H groups in total. The SMILES string of the molecule is C[C@H](Oc1ccccc1)C(=O)NC[C@H](O)c1ccc2c(ccn2C)c1. The van der Waals surface area contributed by atoms with Gasteiger partial charge in [0.1, 0.15) is 5.75 Å². The predicted octanol–water partition coefficient (Wildman–Crippen LogP) is 2.80. The standard InChI is InChI=1S/C20H22N2O3/c1-14(25-17-6-4-3-5-7-17)20(24)21-13-19(23)16-8-9-18-15(12-16)10-11-22(18)2/h3-12,14,19,23H,13H2,1-2H3,(H,21,24)/t14-,19-/m0/s1. The van der Waals surface area contributed by atoms with Crippen LogP contribution in [0, 0.1) is 0 Å². The topological polar surface area (TPSA) is 63.5 Å². The minimum atomic E-state index is -0.766. The maximum absolute atomic E-state index is 12.1. The Labute approximate surface area is 146 Å². The van der Waals surface area contributed by atoms with Crippen LogP contribution < -0.4 is 10.1 Å². The van der Waals surface area contributed by atoms with E-state index in [0.717, 1.165) is 16.5 Å². The molecule has 1 aromatic heterocycles. The van der Waals surface area contributed by atoms with E-state index in [0.29, 0.717) is 5.75 Å². The molecule has 0 aliphatic carbocycles. The zero-order valence-electron chi connectivity index (χ0n) is 14.3. The van der Waals surface area contributed by atoms with Crippen LogP contribution in [0.1, 0.15) is 18.6 Å². The normalized spacial score (nSPS) is 13.4. The zero-order valence-corrected chi connectivity index (χ0v) is 14.3. The Morgan fingerprint density at radius 3 is 2.72 bits per heavy atom. The van der Waals surface area contributed by atoms with E-state index >= 15 is 0 Å². The third-order valence-electron chi connectivity index (χ3n) is 4.19. The smallest absolute Gasteiger partial charge is 0.260 e. The summed E-state index contributed by atoms with van der Waals surface area (Å²) in [5.74, 6) is 0.379. The molecule has 0 bridgehead atoms. The van der Waals surface area contributed by atoms with Gasteiger partial charge >= 0.3 is 0 Å². The monoisotopic (exact) mass is 338 g/mol. The average molecular weight is 338 g/mol. The maximum atomic E-state index is 12.1. The molecule has 3 aromatic rings. The first-order valence-corrected chi connectivity index (χ1v) is 8.27. The van der Waals surface area contributed by atoms with Gasteiger partial charge in [0.05, 0.1) is 6.10 Å². The van der Waals surface area contributed by atoms with E-state index in [-0.39, 0.29) is 12.5 Å². The Hall–Kier alpha value is -2.79. The molecule has 0 saturated carbocycles. The first-order valence-electron chi connectivity index (χ1n) is 8.27. The highest BCUT2D eigenvalue weighted by atomic mass is 16.5. The number of aryl methyl sites for hydroxylation is 1. The van der Waals surface area contributed by atoms with E-state index in [1.165, 1.54) is 0 Å². The van der Waals surface area contributed by atoms with Crippen LogP contribution in [0.4, 0.5) is 0 Å². The summed E-state index contributed by atoms with van der Waals surface area (Å²) in [4.78, 5) is 12.1. The van der Waals surface area contributed by atoms with Crippen LogP contribution in [0.15, 0.2) is 60.8 Å². The van der Waals surface area contributed by atoms with Crippen LogP contribution in [0.5, 0.6) is 5.75 Å². The molecule has 0 aliphatic rings. The molecule has 5 heteroatoms. The highest BCUT2D eigenvalue weighted by Crippen LogP contribution is 2.21. The number of aliphatic hydroxyl groups excluding tert-OH is 1. The highest BCUT2D eigenvalue weighted by Gasteiger charge is 2.16. The molecular weight excluding hydrogens is 316 g/mol. The van der Waals surface area contributed by atoms with E-state index in [9.17, 15) is 9.90 Å². The second-order valence-electron chi connectivity index (χ2n) is 6.08. The van der Waals surface area contributed by atoms with E-state index in [2.05, 4.69) is 5.32 Å². The molecule has 2 aromatic carbocycles. The van der Waals surface area contributed by atoms with Gasteiger partial charge in [-0.15, -0.1) is 0 Å². The van der Waals surface area contributed by atoms with Gasteiger partial charge in [-0.25, -0.2) is 0 Å². The van der Waals surface area contributed by atoms with E-state index in [1.807, 2.05) is 60.3 Å². The van der Waals surface area contributed by atoms with Crippen LogP contribution >= 0.6 is 0 Å². The quantitative estimate of drug-likeness (QED) is 0.726. The number of hydrogen-bond acceptors (Lipinski definition) is 3. The lowest BCUT2D eigenvalue weighted by molar-refractivity contribution is -0.127. The molecule has 0 fully saturated rings. The van der Waals surface area contributed by atoms with Crippen molar-refractivity contribution in [1.82, 2.24) is 9.88 Å². The number of ether oxygens (including phenoxy) is 1. The number of nitrogens with one attached hydrogen (secondary N) is 1. The van der Waals surface area contributed by atoms with E-state index in [4.69, 9.17) is 4.74 Å². The number of hydrogen-bond donors (Lipinski definition) is 2. The van der Waals surface area contributed by atoms with E-state index in [1.54, 1.807) is 19.1 Å². The molecule has 0 aliphatic heterocycles. The van der Waals surface area contributed by atoms with Crippen molar-refractivity contribution >= 4 is 16.8 Å². The van der Waals surface area contributed by atoms with Crippen LogP contribution in [0.25, 0.3) is 10.9 Å². The van der Waals surface area contributed by atoms with E-state index < -0.39 is 12.2 Å². The molecule has 0 spiro atoms. The van der Waals surface area contributed by atoms with Gasteiger partial charge in [-0.2, -0.15) is 0 Å². The number of nitrogens with zero attached hydrogens (tertiary/aromatic N) is 1. The largest absolute Gasteiger partial charge is 0.481 e. The number of aromatic nitrogens is 1. The number of amides is 1. The molecule has 0 radical (unpaired) electrons. The molecule has 5 nitrogen and oxygen atoms in total. The van der Waals surface area contributed by atoms with Gasteiger partial charge in [-0.1, -0.05) is 24.3 Å². The Balaban J connectivity index is 1.56. The van der Waals surface area contributed by atoms with Gasteiger partial charge in [0, 0.05) is 25.3 Å². The van der Waals surface area contributed by atoms with Crippen molar-refractivity contribution in [3.63, 3.8) is 0 Å². The molecule has 0 saturated heterocycles. The molecule has 3 rings (SSSR count). The summed E-state index contributed by atoms with van der Waals surface area (Å²) in [5, 5.41) is 14.1. The highest BCUT2D eigenvalue weighted by molar-refractivity contribution is 5.81. The zero-order chi connectivity index (χ0) is 17.8. The first kappa shape index (κ1) is 17.0. The Kier molecular flexibility index (Phi) is 5.05. The molecule has 130 valence electrons. The second kappa shape index (κ2) is 7.40. The molecule has 25 heavy (non-hydrogen) atoms. The van der Waals surface area contributed by atoms with Crippen molar-refractivity contribution in [1.29, 1.82) is 0 Å². The number of para-hydroxylation sites is 1. The maximum Gasteiger partial charge on any atom is 0.260 e. The minimum absolute atomic E-state index is 0.139. The van der Waals surface area contributed by atoms with Gasteiger partial charge in [-0.05, 0) is 48.2 Å². The summed E-state index contributed by atoms with van der Waals surface area (Å²) in [6, 6.07) is 17.0. The molecule has 1 heterocycles. The number of carbonyl (C=O) groups is 1. The lowest BCUT2D eigenvalue weighted by Crippen LogP contribution is -2.38. The number of aliphatic hydroxyl groups is 1. The van der Waals surface area contributed by atoms with Gasteiger partial charge in [0.2, 0.25) is 0 Å². The Morgan fingerprint density at radius 2 is 1.96 bits per heavy atom. The van der Waals surface area contributed by atoms with Gasteiger partial charge in [0.25, 0.3) is 5.91 Å². The summed E-state index contributed by atoms with van der Waals surface area (Å²) in [5.41, 5.74) is 1.88.